The first-order valence-electron chi connectivity index (χ1n) is 9.46. The lowest BCUT2D eigenvalue weighted by atomic mass is 10.1. The van der Waals surface area contributed by atoms with E-state index >= 15 is 0 Å². The van der Waals surface area contributed by atoms with Gasteiger partial charge in [0.2, 0.25) is 20.0 Å². The van der Waals surface area contributed by atoms with Crippen molar-refractivity contribution in [3.63, 3.8) is 0 Å². The number of fused-ring (bicyclic) bond motifs is 1. The molecule has 166 valence electrons. The van der Waals surface area contributed by atoms with E-state index in [0.29, 0.717) is 4.31 Å². The lowest BCUT2D eigenvalue weighted by molar-refractivity contribution is 0.0977. The Labute approximate surface area is 180 Å². The van der Waals surface area contributed by atoms with Crippen molar-refractivity contribution in [3.05, 3.63) is 53.6 Å². The summed E-state index contributed by atoms with van der Waals surface area (Å²) in [5.41, 5.74) is 0.578. The molecule has 0 radical (unpaired) electrons. The van der Waals surface area contributed by atoms with Crippen molar-refractivity contribution >= 4 is 48.3 Å². The number of anilines is 1. The first-order chi connectivity index (χ1) is 14.5. The minimum absolute atomic E-state index is 0.0238. The van der Waals surface area contributed by atoms with E-state index in [4.69, 9.17) is 4.42 Å². The Morgan fingerprint density at radius 3 is 2.26 bits per heavy atom. The molecule has 1 aromatic carbocycles. The maximum Gasteiger partial charge on any atom is 0.307 e. The van der Waals surface area contributed by atoms with E-state index in [2.05, 4.69) is 0 Å². The number of hydrogen-bond acceptors (Lipinski definition) is 7. The van der Waals surface area contributed by atoms with E-state index < -0.39 is 26.0 Å². The maximum absolute atomic E-state index is 12.9. The number of sulfonamides is 1. The largest absolute Gasteiger partial charge is 0.459 e. The van der Waals surface area contributed by atoms with Gasteiger partial charge in [0.05, 0.1) is 29.0 Å². The van der Waals surface area contributed by atoms with Crippen molar-refractivity contribution in [2.24, 2.45) is 0 Å². The number of ketones is 1. The van der Waals surface area contributed by atoms with Crippen molar-refractivity contribution in [2.75, 3.05) is 15.8 Å². The second kappa shape index (κ2) is 7.97. The van der Waals surface area contributed by atoms with E-state index in [1.807, 2.05) is 0 Å². The van der Waals surface area contributed by atoms with E-state index in [1.165, 1.54) is 64.3 Å². The third-order valence-corrected chi connectivity index (χ3v) is 8.34. The number of amides is 1. The molecule has 1 amide bonds. The highest BCUT2D eigenvalue weighted by Crippen LogP contribution is 2.33. The van der Waals surface area contributed by atoms with Crippen LogP contribution in [0.5, 0.6) is 0 Å². The summed E-state index contributed by atoms with van der Waals surface area (Å²) in [6, 6.07) is 6.87. The molecule has 0 aliphatic carbocycles. The van der Waals surface area contributed by atoms with Crippen molar-refractivity contribution in [3.8, 4) is 0 Å². The summed E-state index contributed by atoms with van der Waals surface area (Å²) in [6.07, 6.45) is 1.25. The third-order valence-electron chi connectivity index (χ3n) is 4.92. The van der Waals surface area contributed by atoms with Gasteiger partial charge in [-0.1, -0.05) is 0 Å². The number of Topliss-reactive ketones (excluding diaryl/α,β-unsaturated/α-hetero) is 1. The fourth-order valence-electron chi connectivity index (χ4n) is 3.47. The van der Waals surface area contributed by atoms with Crippen molar-refractivity contribution in [1.29, 1.82) is 0 Å². The van der Waals surface area contributed by atoms with Crippen LogP contribution >= 0.6 is 0 Å². The molecule has 0 bridgehead atoms. The Morgan fingerprint density at radius 1 is 1.06 bits per heavy atom. The number of nitrogens with zero attached hydrogens (tertiary/aromatic N) is 2. The van der Waals surface area contributed by atoms with Gasteiger partial charge in [0.1, 0.15) is 0 Å². The molecule has 0 atom stereocenters. The van der Waals surface area contributed by atoms with Crippen LogP contribution in [0.4, 0.5) is 5.69 Å². The Balaban J connectivity index is 2.35. The lowest BCUT2D eigenvalue weighted by Crippen LogP contribution is -2.37. The number of furan rings is 1. The SMILES string of the molecule is CCS(=O)(=O)N(C(=O)c1ccco1)c1ccc2c(c1)c(C(C)=O)c(C)n2S(=O)(=O)CC. The molecule has 31 heavy (non-hydrogen) atoms. The molecule has 0 unspecified atom stereocenters. The zero-order valence-electron chi connectivity index (χ0n) is 17.4. The predicted octanol–water partition coefficient (Wildman–Crippen LogP) is 2.94. The van der Waals surface area contributed by atoms with Crippen LogP contribution < -0.4 is 4.31 Å². The summed E-state index contributed by atoms with van der Waals surface area (Å²) in [7, 11) is -7.80. The molecular weight excluding hydrogens is 444 g/mol. The third kappa shape index (κ3) is 3.79. The molecule has 0 fully saturated rings. The average molecular weight is 467 g/mol. The van der Waals surface area contributed by atoms with Crippen LogP contribution in [0.2, 0.25) is 0 Å². The highest BCUT2D eigenvalue weighted by molar-refractivity contribution is 7.93. The van der Waals surface area contributed by atoms with Crippen LogP contribution in [0.25, 0.3) is 10.9 Å². The summed E-state index contributed by atoms with van der Waals surface area (Å²) in [5.74, 6) is -2.00. The van der Waals surface area contributed by atoms with Gasteiger partial charge in [-0.15, -0.1) is 0 Å². The molecule has 3 rings (SSSR count). The maximum atomic E-state index is 12.9. The highest BCUT2D eigenvalue weighted by atomic mass is 32.2. The second-order valence-corrected chi connectivity index (χ2v) is 11.0. The number of hydrogen-bond donors (Lipinski definition) is 0. The van der Waals surface area contributed by atoms with Crippen molar-refractivity contribution in [1.82, 2.24) is 3.97 Å². The van der Waals surface area contributed by atoms with E-state index in [0.717, 1.165) is 3.97 Å². The molecule has 0 N–H and O–H groups in total. The van der Waals surface area contributed by atoms with Crippen LogP contribution in [0.3, 0.4) is 0 Å². The fourth-order valence-corrected chi connectivity index (χ4v) is 5.73. The summed E-state index contributed by atoms with van der Waals surface area (Å²) in [6.45, 7) is 5.69. The Hall–Kier alpha value is -2.92. The quantitative estimate of drug-likeness (QED) is 0.490. The smallest absolute Gasteiger partial charge is 0.307 e. The normalized spacial score (nSPS) is 12.3. The molecule has 0 aliphatic heterocycles. The van der Waals surface area contributed by atoms with E-state index in [-0.39, 0.29) is 50.9 Å². The second-order valence-electron chi connectivity index (χ2n) is 6.83. The van der Waals surface area contributed by atoms with Gasteiger partial charge in [0.25, 0.3) is 0 Å². The first kappa shape index (κ1) is 22.8. The van der Waals surface area contributed by atoms with Crippen LogP contribution in [-0.2, 0) is 20.0 Å². The highest BCUT2D eigenvalue weighted by Gasteiger charge is 2.32. The average Bonchev–Trinajstić information content (AvgIpc) is 3.33. The van der Waals surface area contributed by atoms with Gasteiger partial charge in [-0.05, 0) is 58.0 Å². The Morgan fingerprint density at radius 2 is 1.74 bits per heavy atom. The predicted molar refractivity (Wildman–Crippen MR) is 117 cm³/mol. The van der Waals surface area contributed by atoms with Gasteiger partial charge in [0.15, 0.2) is 11.5 Å². The summed E-state index contributed by atoms with van der Waals surface area (Å²) in [5, 5.41) is 0.239. The molecule has 0 saturated heterocycles. The van der Waals surface area contributed by atoms with Gasteiger partial charge >= 0.3 is 5.91 Å². The summed E-state index contributed by atoms with van der Waals surface area (Å²) >= 11 is 0. The van der Waals surface area contributed by atoms with Crippen molar-refractivity contribution < 1.29 is 30.8 Å². The van der Waals surface area contributed by atoms with Gasteiger partial charge in [-0.25, -0.2) is 25.1 Å². The van der Waals surface area contributed by atoms with E-state index in [9.17, 15) is 26.4 Å². The molecule has 9 nitrogen and oxygen atoms in total. The molecule has 3 aromatic rings. The molecule has 2 heterocycles. The molecule has 0 saturated carbocycles. The zero-order valence-corrected chi connectivity index (χ0v) is 19.1. The molecule has 0 spiro atoms. The minimum atomic E-state index is -4.06. The summed E-state index contributed by atoms with van der Waals surface area (Å²) < 4.78 is 57.6. The zero-order chi connectivity index (χ0) is 23.1. The first-order valence-corrected chi connectivity index (χ1v) is 12.7. The number of aromatic nitrogens is 1. The number of carbonyl (C=O) groups excluding carboxylic acids is 2. The number of benzene rings is 1. The van der Waals surface area contributed by atoms with E-state index in [1.54, 1.807) is 0 Å². The monoisotopic (exact) mass is 466 g/mol. The molecular formula is C20H22N2O7S2. The van der Waals surface area contributed by atoms with Gasteiger partial charge in [-0.3, -0.25) is 9.59 Å². The van der Waals surface area contributed by atoms with Crippen molar-refractivity contribution in [2.45, 2.75) is 27.7 Å². The van der Waals surface area contributed by atoms with Gasteiger partial charge in [0, 0.05) is 16.6 Å². The lowest BCUT2D eigenvalue weighted by Gasteiger charge is -2.21. The van der Waals surface area contributed by atoms with Gasteiger partial charge < -0.3 is 4.42 Å². The van der Waals surface area contributed by atoms with Crippen LogP contribution in [0.1, 0.15) is 47.4 Å². The molecule has 11 heteroatoms. The fraction of sp³-hybridized carbons (Fsp3) is 0.300. The molecule has 2 aromatic heterocycles. The van der Waals surface area contributed by atoms with Crippen LogP contribution in [-0.4, -0.2) is 44.0 Å². The standard InChI is InChI=1S/C20H22N2O7S2/c1-5-30(25,26)21-13(3)19(14(4)23)16-12-15(9-10-17(16)21)22(31(27,28)6-2)20(24)18-8-7-11-29-18/h7-12H,5-6H2,1-4H3. The number of carbonyl (C=O) groups is 2. The Kier molecular flexibility index (Phi) is 5.85. The molecule has 0 aliphatic rings. The minimum Gasteiger partial charge on any atom is -0.459 e. The van der Waals surface area contributed by atoms with Crippen LogP contribution in [0, 0.1) is 6.92 Å². The van der Waals surface area contributed by atoms with Gasteiger partial charge in [-0.2, -0.15) is 0 Å². The van der Waals surface area contributed by atoms with Crippen LogP contribution in [0.15, 0.2) is 41.0 Å². The topological polar surface area (TPSA) is 124 Å². The number of rotatable bonds is 7. The summed E-state index contributed by atoms with van der Waals surface area (Å²) in [4.78, 5) is 25.3. The Bertz CT molecular complexity index is 1380.